The molecule has 5 aromatic rings. The minimum absolute atomic E-state index is 0.0839. The fourth-order valence-electron chi connectivity index (χ4n) is 10.5. The molecule has 428 valence electrons. The molecule has 0 atom stereocenters. The van der Waals surface area contributed by atoms with Crippen molar-refractivity contribution in [1.29, 1.82) is 0 Å². The molecule has 0 unspecified atom stereocenters. The third-order valence-corrected chi connectivity index (χ3v) is 16.2. The molecule has 18 heteroatoms. The molecule has 0 aliphatic carbocycles. The lowest BCUT2D eigenvalue weighted by atomic mass is 9.84. The van der Waals surface area contributed by atoms with E-state index in [-0.39, 0.29) is 22.8 Å². The number of hydrogen-bond acceptors (Lipinski definition) is 10. The number of likely N-dealkylation sites (tertiary alicyclic amines) is 5. The summed E-state index contributed by atoms with van der Waals surface area (Å²) in [5.41, 5.74) is -3.29. The third kappa shape index (κ3) is 16.4. The molecule has 5 heterocycles. The minimum Gasteiger partial charge on any atom is -0.385 e. The zero-order chi connectivity index (χ0) is 57.1. The molecule has 5 aromatic carbocycles. The Balaban J connectivity index is 0.000000158. The summed E-state index contributed by atoms with van der Waals surface area (Å²) in [5, 5.41) is 51.8. The van der Waals surface area contributed by atoms with Crippen LogP contribution in [0.5, 0.6) is 0 Å². The Bertz CT molecular complexity index is 2700. The summed E-state index contributed by atoms with van der Waals surface area (Å²) in [7, 11) is 9.93. The Morgan fingerprint density at radius 2 is 0.654 bits per heavy atom. The quantitative estimate of drug-likeness (QED) is 0.109. The molecule has 5 N–H and O–H groups in total. The highest BCUT2D eigenvalue weighted by Gasteiger charge is 2.39. The highest BCUT2D eigenvalue weighted by Crippen LogP contribution is 2.38. The van der Waals surface area contributed by atoms with Crippen molar-refractivity contribution in [1.82, 2.24) is 24.5 Å². The van der Waals surface area contributed by atoms with Crippen LogP contribution in [0, 0.1) is 46.5 Å². The maximum atomic E-state index is 13.6. The average molecular weight is 1100 g/mol. The lowest BCUT2D eigenvalue weighted by Gasteiger charge is -2.37. The van der Waals surface area contributed by atoms with Gasteiger partial charge in [0.05, 0.1) is 28.0 Å². The number of aliphatic hydroxyl groups is 5. The van der Waals surface area contributed by atoms with Crippen LogP contribution in [-0.2, 0) is 28.0 Å². The normalized spacial score (nSPS) is 21.2. The van der Waals surface area contributed by atoms with Gasteiger partial charge in [-0.2, -0.15) is 0 Å². The monoisotopic (exact) mass is 1100 g/mol. The maximum Gasteiger partial charge on any atom is 0.164 e. The fraction of sp³-hybridized carbons (Fsp3) is 0.500. The Kier molecular flexibility index (Phi) is 21.6. The van der Waals surface area contributed by atoms with Crippen molar-refractivity contribution in [3.63, 3.8) is 0 Å². The van der Waals surface area contributed by atoms with Crippen molar-refractivity contribution in [2.45, 2.75) is 92.2 Å². The number of nitrogens with zero attached hydrogens (tertiary/aromatic N) is 5. The molecule has 5 aliphatic rings. The van der Waals surface area contributed by atoms with E-state index in [4.69, 9.17) is 0 Å². The van der Waals surface area contributed by atoms with Crippen LogP contribution < -0.4 is 0 Å². The first-order valence-corrected chi connectivity index (χ1v) is 26.7. The largest absolute Gasteiger partial charge is 0.385 e. The van der Waals surface area contributed by atoms with Gasteiger partial charge in [0.15, 0.2) is 23.3 Å². The lowest BCUT2D eigenvalue weighted by molar-refractivity contribution is -0.0236. The molecule has 10 rings (SSSR count). The molecule has 0 bridgehead atoms. The van der Waals surface area contributed by atoms with Crippen LogP contribution in [-0.4, -0.2) is 151 Å². The van der Waals surface area contributed by atoms with E-state index in [0.717, 1.165) is 63.5 Å². The van der Waals surface area contributed by atoms with E-state index in [0.29, 0.717) is 107 Å². The van der Waals surface area contributed by atoms with Crippen LogP contribution in [0.1, 0.15) is 92.0 Å². The summed E-state index contributed by atoms with van der Waals surface area (Å²) in [6.07, 6.45) is 5.48. The van der Waals surface area contributed by atoms with E-state index in [2.05, 4.69) is 24.5 Å². The molecule has 5 saturated heterocycles. The molecule has 0 saturated carbocycles. The Labute approximate surface area is 454 Å². The predicted molar refractivity (Wildman–Crippen MR) is 285 cm³/mol. The van der Waals surface area contributed by atoms with Gasteiger partial charge in [-0.3, -0.25) is 0 Å². The second-order valence-electron chi connectivity index (χ2n) is 22.0. The first-order valence-electron chi connectivity index (χ1n) is 26.7. The number of hydrogen-bond donors (Lipinski definition) is 5. The van der Waals surface area contributed by atoms with E-state index in [1.54, 1.807) is 30.3 Å². The summed E-state index contributed by atoms with van der Waals surface area (Å²) in [6, 6.07) is 23.8. The summed E-state index contributed by atoms with van der Waals surface area (Å²) < 4.78 is 105. The van der Waals surface area contributed by atoms with Crippen molar-refractivity contribution in [3.05, 3.63) is 177 Å². The summed E-state index contributed by atoms with van der Waals surface area (Å²) >= 11 is 0. The molecule has 5 aliphatic heterocycles. The van der Waals surface area contributed by atoms with Gasteiger partial charge in [0.2, 0.25) is 0 Å². The SMILES string of the molecule is CN1CCC(O)(c2ccc(F)c(F)c2)CC1.CN1CCC(O)(c2ccc(F)cc2F)CC1.CN1CCC(O)(c2cccc(F)c2)CC1.CN1CCC(O)(c2cccc(F)c2F)CC1.CN1CCC(O)(c2ccccc2F)CC1. The van der Waals surface area contributed by atoms with Crippen LogP contribution in [0.4, 0.5) is 35.1 Å². The number of halogens is 8. The minimum atomic E-state index is -1.22. The lowest BCUT2D eigenvalue weighted by Crippen LogP contribution is -2.41. The van der Waals surface area contributed by atoms with Gasteiger partial charge in [0.1, 0.15) is 23.3 Å². The molecular weight excluding hydrogens is 1020 g/mol. The van der Waals surface area contributed by atoms with Crippen LogP contribution in [0.15, 0.2) is 103 Å². The molecule has 0 radical (unpaired) electrons. The van der Waals surface area contributed by atoms with Gasteiger partial charge in [0.25, 0.3) is 0 Å². The molecule has 0 amide bonds. The van der Waals surface area contributed by atoms with E-state index >= 15 is 0 Å². The smallest absolute Gasteiger partial charge is 0.164 e. The molecule has 78 heavy (non-hydrogen) atoms. The van der Waals surface area contributed by atoms with E-state index in [1.807, 2.05) is 35.2 Å². The first-order chi connectivity index (χ1) is 36.8. The standard InChI is InChI=1S/3C12H15F2NO.2C12H16FNO/c1-15-6-4-12(16,5-7-15)10-3-2-9(13)8-11(10)14;1-15-6-4-12(16,5-7-15)9-2-3-10(13)11(14)8-9;1-15-7-5-12(16,6-8-15)9-3-2-4-10(13)11(9)14;1-14-7-5-12(15,6-8-14)10-3-2-4-11(13)9-10;1-14-8-6-12(15,7-9-14)10-4-2-3-5-11(10)13/h2*2-3,8,16H,4-7H2,1H3;2-4,16H,5-8H2,1H3;2-4,9,15H,5-8H2,1H3;2-5,15H,6-9H2,1H3. The van der Waals surface area contributed by atoms with E-state index in [9.17, 15) is 60.7 Å². The topological polar surface area (TPSA) is 117 Å². The second kappa shape index (κ2) is 27.1. The number of piperidine rings is 5. The molecular formula is C60H77F8N5O5. The molecule has 10 nitrogen and oxygen atoms in total. The van der Waals surface area contributed by atoms with Crippen LogP contribution in [0.25, 0.3) is 0 Å². The molecule has 0 spiro atoms. The van der Waals surface area contributed by atoms with Crippen molar-refractivity contribution < 1.29 is 60.7 Å². The zero-order valence-corrected chi connectivity index (χ0v) is 45.5. The van der Waals surface area contributed by atoms with Crippen molar-refractivity contribution in [2.75, 3.05) is 101 Å². The van der Waals surface area contributed by atoms with Crippen LogP contribution >= 0.6 is 0 Å². The van der Waals surface area contributed by atoms with Crippen molar-refractivity contribution >= 4 is 0 Å². The molecule has 5 fully saturated rings. The Morgan fingerprint density at radius 1 is 0.295 bits per heavy atom. The Morgan fingerprint density at radius 3 is 1.08 bits per heavy atom. The van der Waals surface area contributed by atoms with Gasteiger partial charge in [0, 0.05) is 88.2 Å². The summed E-state index contributed by atoms with van der Waals surface area (Å²) in [4.78, 5) is 10.6. The highest BCUT2D eigenvalue weighted by molar-refractivity contribution is 5.29. The van der Waals surface area contributed by atoms with Gasteiger partial charge in [-0.25, -0.2) is 35.1 Å². The van der Waals surface area contributed by atoms with Gasteiger partial charge in [-0.15, -0.1) is 0 Å². The van der Waals surface area contributed by atoms with Gasteiger partial charge in [-0.1, -0.05) is 54.6 Å². The van der Waals surface area contributed by atoms with Crippen LogP contribution in [0.3, 0.4) is 0 Å². The van der Waals surface area contributed by atoms with Crippen LogP contribution in [0.2, 0.25) is 0 Å². The highest BCUT2D eigenvalue weighted by atomic mass is 19.2. The first kappa shape index (κ1) is 62.3. The number of rotatable bonds is 5. The van der Waals surface area contributed by atoms with E-state index < -0.39 is 62.9 Å². The Hall–Kier alpha value is -4.86. The van der Waals surface area contributed by atoms with Crippen molar-refractivity contribution in [3.8, 4) is 0 Å². The fourth-order valence-corrected chi connectivity index (χ4v) is 10.5. The number of benzene rings is 5. The maximum absolute atomic E-state index is 13.6. The van der Waals surface area contributed by atoms with E-state index in [1.165, 1.54) is 48.5 Å². The summed E-state index contributed by atoms with van der Waals surface area (Å²) in [6.45, 7) is 7.65. The second-order valence-corrected chi connectivity index (χ2v) is 22.0. The van der Waals surface area contributed by atoms with Crippen molar-refractivity contribution in [2.24, 2.45) is 0 Å². The summed E-state index contributed by atoms with van der Waals surface area (Å²) in [5.74, 6) is -5.45. The van der Waals surface area contributed by atoms with Gasteiger partial charge in [-0.05, 0) is 153 Å². The average Bonchev–Trinajstić information content (AvgIpc) is 3.46. The van der Waals surface area contributed by atoms with Gasteiger partial charge < -0.3 is 50.0 Å². The third-order valence-electron chi connectivity index (χ3n) is 16.2. The van der Waals surface area contributed by atoms with Gasteiger partial charge >= 0.3 is 0 Å². The molecule has 0 aromatic heterocycles. The zero-order valence-electron chi connectivity index (χ0n) is 45.5. The predicted octanol–water partition coefficient (Wildman–Crippen LogP) is 9.11.